The molecule has 1 saturated heterocycles. The van der Waals surface area contributed by atoms with E-state index in [0.29, 0.717) is 12.2 Å². The highest BCUT2D eigenvalue weighted by molar-refractivity contribution is 5.89. The Labute approximate surface area is 154 Å². The number of nitrogens with zero attached hydrogens (tertiary/aromatic N) is 2. The third kappa shape index (κ3) is 4.85. The standard InChI is InChI=1S/C21H24N2O3/c1-25-21(24)18-11-9-17(10-12-18)16-26-20-8-4-3-7-19(20)15-22-23-13-5-2-6-14-23/h3-4,7-12,15H,2,5-6,13-14,16H2,1H3. The van der Waals surface area contributed by atoms with Gasteiger partial charge in [0.1, 0.15) is 12.4 Å². The van der Waals surface area contributed by atoms with E-state index in [1.807, 2.05) is 42.6 Å². The Morgan fingerprint density at radius 1 is 1.08 bits per heavy atom. The molecule has 1 aliphatic heterocycles. The molecule has 0 unspecified atom stereocenters. The minimum atomic E-state index is -0.336. The van der Waals surface area contributed by atoms with Crippen LogP contribution in [0.15, 0.2) is 53.6 Å². The van der Waals surface area contributed by atoms with Gasteiger partial charge in [0, 0.05) is 18.7 Å². The Bertz CT molecular complexity index is 750. The van der Waals surface area contributed by atoms with Gasteiger partial charge < -0.3 is 9.47 Å². The Kier molecular flexibility index (Phi) is 6.25. The summed E-state index contributed by atoms with van der Waals surface area (Å²) in [7, 11) is 1.38. The number of rotatable bonds is 6. The van der Waals surface area contributed by atoms with Crippen LogP contribution in [0.4, 0.5) is 0 Å². The molecule has 3 rings (SSSR count). The van der Waals surface area contributed by atoms with E-state index in [-0.39, 0.29) is 5.97 Å². The maximum absolute atomic E-state index is 11.5. The fourth-order valence-corrected chi connectivity index (χ4v) is 2.87. The second kappa shape index (κ2) is 9.04. The minimum Gasteiger partial charge on any atom is -0.488 e. The molecule has 26 heavy (non-hydrogen) atoms. The van der Waals surface area contributed by atoms with Crippen LogP contribution in [0.5, 0.6) is 5.75 Å². The number of ether oxygens (including phenoxy) is 2. The molecular formula is C21H24N2O3. The SMILES string of the molecule is COC(=O)c1ccc(COc2ccccc2C=NN2CCCCC2)cc1. The van der Waals surface area contributed by atoms with Crippen molar-refractivity contribution in [1.29, 1.82) is 0 Å². The summed E-state index contributed by atoms with van der Waals surface area (Å²) in [6.45, 7) is 2.47. The molecule has 2 aromatic carbocycles. The predicted molar refractivity (Wildman–Crippen MR) is 102 cm³/mol. The molecule has 0 radical (unpaired) electrons. The van der Waals surface area contributed by atoms with E-state index in [0.717, 1.165) is 30.0 Å². The van der Waals surface area contributed by atoms with Crippen LogP contribution in [0.2, 0.25) is 0 Å². The van der Waals surface area contributed by atoms with Crippen LogP contribution in [0.1, 0.15) is 40.7 Å². The first-order valence-corrected chi connectivity index (χ1v) is 8.94. The van der Waals surface area contributed by atoms with Crippen molar-refractivity contribution in [2.45, 2.75) is 25.9 Å². The fraction of sp³-hybridized carbons (Fsp3) is 0.333. The summed E-state index contributed by atoms with van der Waals surface area (Å²) >= 11 is 0. The molecule has 1 fully saturated rings. The van der Waals surface area contributed by atoms with Gasteiger partial charge in [0.2, 0.25) is 0 Å². The topological polar surface area (TPSA) is 51.1 Å². The smallest absolute Gasteiger partial charge is 0.337 e. The first kappa shape index (κ1) is 18.0. The minimum absolute atomic E-state index is 0.336. The van der Waals surface area contributed by atoms with E-state index < -0.39 is 0 Å². The third-order valence-corrected chi connectivity index (χ3v) is 4.38. The summed E-state index contributed by atoms with van der Waals surface area (Å²) < 4.78 is 10.7. The van der Waals surface area contributed by atoms with Crippen molar-refractivity contribution in [2.75, 3.05) is 20.2 Å². The fourth-order valence-electron chi connectivity index (χ4n) is 2.87. The second-order valence-corrected chi connectivity index (χ2v) is 6.27. The maximum Gasteiger partial charge on any atom is 0.337 e. The highest BCUT2D eigenvalue weighted by atomic mass is 16.5. The average Bonchev–Trinajstić information content (AvgIpc) is 2.72. The van der Waals surface area contributed by atoms with Gasteiger partial charge in [-0.05, 0) is 49.1 Å². The molecule has 1 heterocycles. The lowest BCUT2D eigenvalue weighted by Crippen LogP contribution is -2.24. The first-order valence-electron chi connectivity index (χ1n) is 8.94. The molecule has 0 spiro atoms. The third-order valence-electron chi connectivity index (χ3n) is 4.38. The van der Waals surface area contributed by atoms with E-state index >= 15 is 0 Å². The van der Waals surface area contributed by atoms with Crippen molar-refractivity contribution in [1.82, 2.24) is 5.01 Å². The number of methoxy groups -OCH3 is 1. The van der Waals surface area contributed by atoms with Gasteiger partial charge in [0.15, 0.2) is 0 Å². The number of hydrogen-bond donors (Lipinski definition) is 0. The van der Waals surface area contributed by atoms with Crippen molar-refractivity contribution >= 4 is 12.2 Å². The summed E-state index contributed by atoms with van der Waals surface area (Å²) in [6, 6.07) is 15.1. The highest BCUT2D eigenvalue weighted by Crippen LogP contribution is 2.19. The molecule has 2 aromatic rings. The zero-order valence-corrected chi connectivity index (χ0v) is 15.1. The summed E-state index contributed by atoms with van der Waals surface area (Å²) in [4.78, 5) is 11.5. The number of carbonyl (C=O) groups is 1. The van der Waals surface area contributed by atoms with Gasteiger partial charge in [-0.15, -0.1) is 0 Å². The molecule has 0 amide bonds. The van der Waals surface area contributed by atoms with Gasteiger partial charge in [-0.3, -0.25) is 5.01 Å². The van der Waals surface area contributed by atoms with E-state index in [1.165, 1.54) is 26.4 Å². The van der Waals surface area contributed by atoms with Crippen LogP contribution >= 0.6 is 0 Å². The van der Waals surface area contributed by atoms with Crippen molar-refractivity contribution in [3.63, 3.8) is 0 Å². The molecule has 0 aliphatic carbocycles. The summed E-state index contributed by atoms with van der Waals surface area (Å²) in [5, 5.41) is 6.70. The quantitative estimate of drug-likeness (QED) is 0.585. The number of carbonyl (C=O) groups excluding carboxylic acids is 1. The molecule has 136 valence electrons. The van der Waals surface area contributed by atoms with Crippen LogP contribution in [-0.2, 0) is 11.3 Å². The molecule has 0 atom stereocenters. The van der Waals surface area contributed by atoms with Crippen molar-refractivity contribution in [3.8, 4) is 5.75 Å². The molecule has 0 saturated carbocycles. The number of piperidine rings is 1. The van der Waals surface area contributed by atoms with Gasteiger partial charge in [-0.2, -0.15) is 5.10 Å². The molecule has 1 aliphatic rings. The number of benzene rings is 2. The molecule has 0 N–H and O–H groups in total. The Morgan fingerprint density at radius 2 is 1.81 bits per heavy atom. The summed E-state index contributed by atoms with van der Waals surface area (Å²) in [5.74, 6) is 0.460. The molecule has 5 nitrogen and oxygen atoms in total. The Morgan fingerprint density at radius 3 is 2.54 bits per heavy atom. The van der Waals surface area contributed by atoms with Crippen molar-refractivity contribution in [2.24, 2.45) is 5.10 Å². The molecule has 5 heteroatoms. The zero-order chi connectivity index (χ0) is 18.2. The van der Waals surface area contributed by atoms with E-state index in [2.05, 4.69) is 10.1 Å². The maximum atomic E-state index is 11.5. The van der Waals surface area contributed by atoms with Gasteiger partial charge in [-0.25, -0.2) is 4.79 Å². The van der Waals surface area contributed by atoms with E-state index in [1.54, 1.807) is 12.1 Å². The largest absolute Gasteiger partial charge is 0.488 e. The number of hydrazone groups is 1. The predicted octanol–water partition coefficient (Wildman–Crippen LogP) is 3.87. The zero-order valence-electron chi connectivity index (χ0n) is 15.1. The Hall–Kier alpha value is -2.82. The van der Waals surface area contributed by atoms with Crippen LogP contribution in [0.25, 0.3) is 0 Å². The van der Waals surface area contributed by atoms with E-state index in [9.17, 15) is 4.79 Å². The second-order valence-electron chi connectivity index (χ2n) is 6.27. The molecule has 0 bridgehead atoms. The van der Waals surface area contributed by atoms with Crippen LogP contribution in [0.3, 0.4) is 0 Å². The summed E-state index contributed by atoms with van der Waals surface area (Å²) in [5.41, 5.74) is 2.48. The first-order chi connectivity index (χ1) is 12.8. The van der Waals surface area contributed by atoms with Gasteiger partial charge in [-0.1, -0.05) is 24.3 Å². The Balaban J connectivity index is 1.62. The van der Waals surface area contributed by atoms with Gasteiger partial charge in [0.05, 0.1) is 18.9 Å². The van der Waals surface area contributed by atoms with E-state index in [4.69, 9.17) is 9.47 Å². The van der Waals surface area contributed by atoms with Crippen LogP contribution in [0, 0.1) is 0 Å². The van der Waals surface area contributed by atoms with Gasteiger partial charge >= 0.3 is 5.97 Å². The van der Waals surface area contributed by atoms with Gasteiger partial charge in [0.25, 0.3) is 0 Å². The van der Waals surface area contributed by atoms with Crippen molar-refractivity contribution in [3.05, 3.63) is 65.2 Å². The van der Waals surface area contributed by atoms with Crippen LogP contribution < -0.4 is 4.74 Å². The summed E-state index contributed by atoms with van der Waals surface area (Å²) in [6.07, 6.45) is 5.58. The lowest BCUT2D eigenvalue weighted by molar-refractivity contribution is 0.0600. The lowest BCUT2D eigenvalue weighted by atomic mass is 10.1. The van der Waals surface area contributed by atoms with Crippen LogP contribution in [-0.4, -0.2) is 37.4 Å². The number of para-hydroxylation sites is 1. The monoisotopic (exact) mass is 352 g/mol. The normalized spacial score (nSPS) is 14.4. The average molecular weight is 352 g/mol. The number of hydrogen-bond acceptors (Lipinski definition) is 5. The highest BCUT2D eigenvalue weighted by Gasteiger charge is 2.08. The van der Waals surface area contributed by atoms with Crippen molar-refractivity contribution < 1.29 is 14.3 Å². The number of esters is 1. The lowest BCUT2D eigenvalue weighted by Gasteiger charge is -2.23. The molecule has 0 aromatic heterocycles. The molecular weight excluding hydrogens is 328 g/mol.